The van der Waals surface area contributed by atoms with Crippen LogP contribution < -0.4 is 0 Å². The Morgan fingerprint density at radius 2 is 1.83 bits per heavy atom. The van der Waals surface area contributed by atoms with Crippen LogP contribution in [0.3, 0.4) is 0 Å². The lowest BCUT2D eigenvalue weighted by Gasteiger charge is -2.08. The van der Waals surface area contributed by atoms with E-state index >= 15 is 0 Å². The molecule has 1 aromatic carbocycles. The van der Waals surface area contributed by atoms with E-state index in [0.29, 0.717) is 13.0 Å². The van der Waals surface area contributed by atoms with E-state index in [9.17, 15) is 4.79 Å². The van der Waals surface area contributed by atoms with Crippen LogP contribution in [0.1, 0.15) is 43.7 Å². The molecule has 0 saturated heterocycles. The normalized spacial score (nSPS) is 13.3. The summed E-state index contributed by atoms with van der Waals surface area (Å²) in [6.07, 6.45) is 3.66. The van der Waals surface area contributed by atoms with E-state index in [4.69, 9.17) is 4.74 Å². The molecular weight excluding hydrogens is 224 g/mol. The van der Waals surface area contributed by atoms with E-state index in [1.165, 1.54) is 35.1 Å². The maximum atomic E-state index is 11.4. The monoisotopic (exact) mass is 244 g/mol. The third-order valence-electron chi connectivity index (χ3n) is 3.21. The van der Waals surface area contributed by atoms with Crippen molar-refractivity contribution in [3.8, 4) is 0 Å². The first-order chi connectivity index (χ1) is 8.70. The van der Waals surface area contributed by atoms with Gasteiger partial charge in [-0.25, -0.2) is 0 Å². The lowest BCUT2D eigenvalue weighted by atomic mass is 9.99. The molecule has 1 saturated carbocycles. The van der Waals surface area contributed by atoms with Gasteiger partial charge in [0, 0.05) is 6.42 Å². The smallest absolute Gasteiger partial charge is 0.306 e. The number of allylic oxidation sites excluding steroid dienone is 2. The van der Waals surface area contributed by atoms with Crippen molar-refractivity contribution in [2.75, 3.05) is 6.61 Å². The van der Waals surface area contributed by atoms with Crippen molar-refractivity contribution >= 4 is 11.5 Å². The Bertz CT molecular complexity index is 448. The molecule has 2 nitrogen and oxygen atoms in total. The summed E-state index contributed by atoms with van der Waals surface area (Å²) < 4.78 is 4.99. The zero-order valence-corrected chi connectivity index (χ0v) is 11.2. The van der Waals surface area contributed by atoms with Gasteiger partial charge >= 0.3 is 5.97 Å². The highest BCUT2D eigenvalue weighted by atomic mass is 16.5. The predicted octanol–water partition coefficient (Wildman–Crippen LogP) is 3.89. The molecule has 0 amide bonds. The standard InChI is InChI=1S/C16H20O2/c1-3-18-16(17)11-10-15(14-8-9-14)13-6-4-12(2)5-7-13/h4-7H,3,8-11H2,1-2H3. The third-order valence-corrected chi connectivity index (χ3v) is 3.21. The van der Waals surface area contributed by atoms with E-state index in [2.05, 4.69) is 31.2 Å². The number of rotatable bonds is 5. The molecule has 0 aliphatic heterocycles. The van der Waals surface area contributed by atoms with Gasteiger partial charge in [-0.2, -0.15) is 0 Å². The summed E-state index contributed by atoms with van der Waals surface area (Å²) in [6, 6.07) is 8.56. The third kappa shape index (κ3) is 3.46. The highest BCUT2D eigenvalue weighted by molar-refractivity contribution is 5.77. The minimum Gasteiger partial charge on any atom is -0.466 e. The number of hydrogen-bond donors (Lipinski definition) is 0. The van der Waals surface area contributed by atoms with Crippen molar-refractivity contribution in [1.29, 1.82) is 0 Å². The molecule has 0 unspecified atom stereocenters. The first-order valence-corrected chi connectivity index (χ1v) is 6.64. The minimum absolute atomic E-state index is 0.0941. The van der Waals surface area contributed by atoms with Gasteiger partial charge in [0.05, 0.1) is 6.61 Å². The van der Waals surface area contributed by atoms with E-state index in [1.54, 1.807) is 0 Å². The molecule has 0 atom stereocenters. The first kappa shape index (κ1) is 12.9. The Balaban J connectivity index is 2.04. The average Bonchev–Trinajstić information content (AvgIpc) is 3.16. The quantitative estimate of drug-likeness (QED) is 0.735. The number of esters is 1. The van der Waals surface area contributed by atoms with Gasteiger partial charge in [0.1, 0.15) is 0 Å². The Kier molecular flexibility index (Phi) is 4.19. The molecule has 1 fully saturated rings. The summed E-state index contributed by atoms with van der Waals surface area (Å²) in [6.45, 7) is 4.40. The van der Waals surface area contributed by atoms with Crippen LogP contribution in [0.4, 0.5) is 0 Å². The van der Waals surface area contributed by atoms with E-state index in [0.717, 1.165) is 6.42 Å². The SMILES string of the molecule is CCOC(=O)CCC(=C1CC1)c1ccc(C)cc1. The van der Waals surface area contributed by atoms with Crippen LogP contribution in [0.5, 0.6) is 0 Å². The average molecular weight is 244 g/mol. The van der Waals surface area contributed by atoms with Gasteiger partial charge in [0.15, 0.2) is 0 Å². The second-order valence-corrected chi connectivity index (χ2v) is 4.75. The summed E-state index contributed by atoms with van der Waals surface area (Å²) in [4.78, 5) is 11.4. The van der Waals surface area contributed by atoms with Crippen molar-refractivity contribution in [2.24, 2.45) is 0 Å². The van der Waals surface area contributed by atoms with Gasteiger partial charge < -0.3 is 4.74 Å². The lowest BCUT2D eigenvalue weighted by molar-refractivity contribution is -0.142. The van der Waals surface area contributed by atoms with Crippen molar-refractivity contribution < 1.29 is 9.53 Å². The van der Waals surface area contributed by atoms with Crippen LogP contribution in [-0.4, -0.2) is 12.6 Å². The molecular formula is C16H20O2. The maximum absolute atomic E-state index is 11.4. The van der Waals surface area contributed by atoms with Crippen LogP contribution >= 0.6 is 0 Å². The number of carbonyl (C=O) groups excluding carboxylic acids is 1. The molecule has 2 rings (SSSR count). The van der Waals surface area contributed by atoms with Gasteiger partial charge in [-0.05, 0) is 44.2 Å². The molecule has 0 aromatic heterocycles. The van der Waals surface area contributed by atoms with Crippen molar-refractivity contribution in [3.63, 3.8) is 0 Å². The molecule has 1 aromatic rings. The zero-order valence-electron chi connectivity index (χ0n) is 11.2. The van der Waals surface area contributed by atoms with Crippen molar-refractivity contribution in [1.82, 2.24) is 0 Å². The highest BCUT2D eigenvalue weighted by Gasteiger charge is 2.19. The second kappa shape index (κ2) is 5.85. The maximum Gasteiger partial charge on any atom is 0.306 e. The number of aryl methyl sites for hydroxylation is 1. The molecule has 18 heavy (non-hydrogen) atoms. The number of ether oxygens (including phenoxy) is 1. The Labute approximate surface area is 109 Å². The lowest BCUT2D eigenvalue weighted by Crippen LogP contribution is -2.03. The molecule has 0 heterocycles. The van der Waals surface area contributed by atoms with Gasteiger partial charge in [0.2, 0.25) is 0 Å². The molecule has 0 bridgehead atoms. The summed E-state index contributed by atoms with van der Waals surface area (Å²) >= 11 is 0. The predicted molar refractivity (Wildman–Crippen MR) is 73.2 cm³/mol. The summed E-state index contributed by atoms with van der Waals surface area (Å²) in [5.74, 6) is -0.0941. The number of benzene rings is 1. The molecule has 2 heteroatoms. The van der Waals surface area contributed by atoms with Crippen LogP contribution in [0.2, 0.25) is 0 Å². The van der Waals surface area contributed by atoms with Crippen LogP contribution in [-0.2, 0) is 9.53 Å². The van der Waals surface area contributed by atoms with E-state index in [-0.39, 0.29) is 5.97 Å². The second-order valence-electron chi connectivity index (χ2n) is 4.75. The van der Waals surface area contributed by atoms with Gasteiger partial charge in [0.25, 0.3) is 0 Å². The Morgan fingerprint density at radius 1 is 1.17 bits per heavy atom. The van der Waals surface area contributed by atoms with Crippen LogP contribution in [0.25, 0.3) is 5.57 Å². The van der Waals surface area contributed by atoms with E-state index in [1.807, 2.05) is 6.92 Å². The fourth-order valence-corrected chi connectivity index (χ4v) is 2.10. The molecule has 1 aliphatic carbocycles. The molecule has 96 valence electrons. The summed E-state index contributed by atoms with van der Waals surface area (Å²) in [7, 11) is 0. The van der Waals surface area contributed by atoms with Gasteiger partial charge in [-0.15, -0.1) is 0 Å². The fraction of sp³-hybridized carbons (Fsp3) is 0.438. The number of carbonyl (C=O) groups is 1. The topological polar surface area (TPSA) is 26.3 Å². The Morgan fingerprint density at radius 3 is 2.39 bits per heavy atom. The molecule has 0 radical (unpaired) electrons. The molecule has 0 N–H and O–H groups in total. The Hall–Kier alpha value is -1.57. The number of hydrogen-bond acceptors (Lipinski definition) is 2. The molecule has 1 aliphatic rings. The van der Waals surface area contributed by atoms with Gasteiger partial charge in [-0.3, -0.25) is 4.79 Å². The van der Waals surface area contributed by atoms with Crippen LogP contribution in [0, 0.1) is 6.92 Å². The van der Waals surface area contributed by atoms with Crippen LogP contribution in [0.15, 0.2) is 29.8 Å². The van der Waals surface area contributed by atoms with Gasteiger partial charge in [-0.1, -0.05) is 35.4 Å². The minimum atomic E-state index is -0.0941. The molecule has 0 spiro atoms. The summed E-state index contributed by atoms with van der Waals surface area (Å²) in [5, 5.41) is 0. The first-order valence-electron chi connectivity index (χ1n) is 6.64. The fourth-order valence-electron chi connectivity index (χ4n) is 2.10. The zero-order chi connectivity index (χ0) is 13.0. The van der Waals surface area contributed by atoms with Crippen molar-refractivity contribution in [2.45, 2.75) is 39.5 Å². The van der Waals surface area contributed by atoms with E-state index < -0.39 is 0 Å². The van der Waals surface area contributed by atoms with Crippen molar-refractivity contribution in [3.05, 3.63) is 41.0 Å². The highest BCUT2D eigenvalue weighted by Crippen LogP contribution is 2.38. The largest absolute Gasteiger partial charge is 0.466 e. The summed E-state index contributed by atoms with van der Waals surface area (Å²) in [5.41, 5.74) is 5.38.